The van der Waals surface area contributed by atoms with Crippen LogP contribution in [0.5, 0.6) is 0 Å². The van der Waals surface area contributed by atoms with Crippen molar-refractivity contribution in [1.29, 1.82) is 0 Å². The van der Waals surface area contributed by atoms with Gasteiger partial charge in [0, 0.05) is 5.57 Å². The maximum absolute atomic E-state index is 10.6. The Balaban J connectivity index is 2.68. The van der Waals surface area contributed by atoms with Crippen LogP contribution < -0.4 is 0 Å². The molecule has 0 aromatic heterocycles. The highest BCUT2D eigenvalue weighted by Crippen LogP contribution is 2.13. The van der Waals surface area contributed by atoms with Crippen molar-refractivity contribution < 1.29 is 14.6 Å². The van der Waals surface area contributed by atoms with E-state index in [1.807, 2.05) is 6.92 Å². The number of ether oxygens (including phenoxy) is 1. The Morgan fingerprint density at radius 1 is 1.89 bits per heavy atom. The monoisotopic (exact) mass is 128 g/mol. The molecule has 0 spiro atoms. The van der Waals surface area contributed by atoms with Crippen LogP contribution in [0.15, 0.2) is 11.6 Å². The number of aliphatic hydroxyl groups excluding tert-OH is 1. The predicted octanol–water partition coefficient (Wildman–Crippen LogP) is 0.198. The Bertz CT molecular complexity index is 160. The minimum atomic E-state index is -1.01. The Hall–Kier alpha value is -0.830. The summed E-state index contributed by atoms with van der Waals surface area (Å²) in [5.74, 6) is -0.398. The Morgan fingerprint density at radius 2 is 2.56 bits per heavy atom. The van der Waals surface area contributed by atoms with E-state index in [0.29, 0.717) is 12.0 Å². The first-order valence-corrected chi connectivity index (χ1v) is 2.83. The number of hydrogen-bond donors (Lipinski definition) is 1. The lowest BCUT2D eigenvalue weighted by molar-refractivity contribution is -0.151. The summed E-state index contributed by atoms with van der Waals surface area (Å²) in [5.41, 5.74) is 0.558. The average molecular weight is 128 g/mol. The van der Waals surface area contributed by atoms with Gasteiger partial charge in [-0.3, -0.25) is 0 Å². The minimum Gasteiger partial charge on any atom is -0.429 e. The molecule has 0 aromatic carbocycles. The third-order valence-electron chi connectivity index (χ3n) is 1.21. The van der Waals surface area contributed by atoms with Gasteiger partial charge in [0.1, 0.15) is 0 Å². The maximum Gasteiger partial charge on any atom is 0.336 e. The lowest BCUT2D eigenvalue weighted by atomic mass is 10.2. The quantitative estimate of drug-likeness (QED) is 0.513. The summed E-state index contributed by atoms with van der Waals surface area (Å²) in [6.45, 7) is 1.84. The van der Waals surface area contributed by atoms with Crippen LogP contribution in [0.2, 0.25) is 0 Å². The Labute approximate surface area is 52.9 Å². The van der Waals surface area contributed by atoms with Gasteiger partial charge < -0.3 is 9.84 Å². The lowest BCUT2D eigenvalue weighted by Crippen LogP contribution is -2.05. The highest BCUT2D eigenvalue weighted by atomic mass is 16.6. The fourth-order valence-electron chi connectivity index (χ4n) is 0.722. The van der Waals surface area contributed by atoms with Gasteiger partial charge in [-0.1, -0.05) is 6.92 Å². The van der Waals surface area contributed by atoms with E-state index in [1.54, 1.807) is 0 Å². The van der Waals surface area contributed by atoms with Crippen molar-refractivity contribution in [1.82, 2.24) is 0 Å². The lowest BCUT2D eigenvalue weighted by Gasteiger charge is -1.95. The van der Waals surface area contributed by atoms with Crippen molar-refractivity contribution in [3.05, 3.63) is 11.6 Å². The number of esters is 1. The summed E-state index contributed by atoms with van der Waals surface area (Å²) in [6.07, 6.45) is 1.03. The molecule has 0 saturated carbocycles. The van der Waals surface area contributed by atoms with Crippen LogP contribution >= 0.6 is 0 Å². The number of carbonyl (C=O) groups excluding carboxylic acids is 1. The summed E-state index contributed by atoms with van der Waals surface area (Å²) in [4.78, 5) is 10.6. The average Bonchev–Trinajstić information content (AvgIpc) is 2.10. The molecule has 0 bridgehead atoms. The van der Waals surface area contributed by atoms with Gasteiger partial charge in [-0.15, -0.1) is 0 Å². The van der Waals surface area contributed by atoms with E-state index in [0.717, 1.165) is 0 Å². The van der Waals surface area contributed by atoms with E-state index >= 15 is 0 Å². The summed E-state index contributed by atoms with van der Waals surface area (Å²) in [5, 5.41) is 8.68. The number of carbonyl (C=O) groups is 1. The molecule has 3 nitrogen and oxygen atoms in total. The van der Waals surface area contributed by atoms with E-state index in [-0.39, 0.29) is 0 Å². The molecule has 1 unspecified atom stereocenters. The van der Waals surface area contributed by atoms with Gasteiger partial charge in [0.15, 0.2) is 0 Å². The SMILES string of the molecule is CCC1=CC(O)OC1=O. The number of hydrogen-bond acceptors (Lipinski definition) is 3. The van der Waals surface area contributed by atoms with Crippen molar-refractivity contribution >= 4 is 5.97 Å². The second-order valence-electron chi connectivity index (χ2n) is 1.84. The molecule has 0 saturated heterocycles. The van der Waals surface area contributed by atoms with Gasteiger partial charge in [0.25, 0.3) is 0 Å². The zero-order chi connectivity index (χ0) is 6.85. The molecule has 9 heavy (non-hydrogen) atoms. The second kappa shape index (κ2) is 2.19. The van der Waals surface area contributed by atoms with Crippen LogP contribution in [-0.2, 0) is 9.53 Å². The van der Waals surface area contributed by atoms with Gasteiger partial charge in [0.05, 0.1) is 0 Å². The van der Waals surface area contributed by atoms with Gasteiger partial charge in [0.2, 0.25) is 6.29 Å². The number of cyclic esters (lactones) is 1. The zero-order valence-corrected chi connectivity index (χ0v) is 5.13. The van der Waals surface area contributed by atoms with E-state index in [1.165, 1.54) is 6.08 Å². The molecule has 1 aliphatic rings. The van der Waals surface area contributed by atoms with Gasteiger partial charge in [-0.25, -0.2) is 4.79 Å². The molecule has 0 aromatic rings. The predicted molar refractivity (Wildman–Crippen MR) is 30.5 cm³/mol. The molecule has 1 aliphatic heterocycles. The molecule has 1 heterocycles. The summed E-state index contributed by atoms with van der Waals surface area (Å²) < 4.78 is 4.39. The van der Waals surface area contributed by atoms with Crippen LogP contribution in [0, 0.1) is 0 Å². The maximum atomic E-state index is 10.6. The zero-order valence-electron chi connectivity index (χ0n) is 5.13. The summed E-state index contributed by atoms with van der Waals surface area (Å²) >= 11 is 0. The molecular formula is C6H8O3. The highest BCUT2D eigenvalue weighted by molar-refractivity contribution is 5.90. The standard InChI is InChI=1S/C6H8O3/c1-2-4-3-5(7)9-6(4)8/h3,5,7H,2H2,1H3. The third-order valence-corrected chi connectivity index (χ3v) is 1.21. The first kappa shape index (κ1) is 6.29. The number of aliphatic hydroxyl groups is 1. The smallest absolute Gasteiger partial charge is 0.336 e. The first-order chi connectivity index (χ1) is 4.24. The van der Waals surface area contributed by atoms with Gasteiger partial charge in [-0.2, -0.15) is 0 Å². The molecule has 1 rings (SSSR count). The first-order valence-electron chi connectivity index (χ1n) is 2.83. The summed E-state index contributed by atoms with van der Waals surface area (Å²) in [7, 11) is 0. The summed E-state index contributed by atoms with van der Waals surface area (Å²) in [6, 6.07) is 0. The molecule has 50 valence electrons. The molecule has 0 amide bonds. The van der Waals surface area contributed by atoms with Crippen LogP contribution in [0.25, 0.3) is 0 Å². The van der Waals surface area contributed by atoms with E-state index in [9.17, 15) is 4.79 Å². The van der Waals surface area contributed by atoms with Gasteiger partial charge in [-0.05, 0) is 12.5 Å². The molecule has 0 radical (unpaired) electrons. The molecule has 3 heteroatoms. The fourth-order valence-corrected chi connectivity index (χ4v) is 0.722. The van der Waals surface area contributed by atoms with E-state index < -0.39 is 12.3 Å². The van der Waals surface area contributed by atoms with Crippen molar-refractivity contribution in [2.24, 2.45) is 0 Å². The molecular weight excluding hydrogens is 120 g/mol. The normalized spacial score (nSPS) is 25.8. The molecule has 0 fully saturated rings. The topological polar surface area (TPSA) is 46.5 Å². The molecule has 1 N–H and O–H groups in total. The van der Waals surface area contributed by atoms with Gasteiger partial charge >= 0.3 is 5.97 Å². The molecule has 1 atom stereocenters. The minimum absolute atomic E-state index is 0.398. The van der Waals surface area contributed by atoms with E-state index in [2.05, 4.69) is 4.74 Å². The third kappa shape index (κ3) is 1.10. The van der Waals surface area contributed by atoms with Crippen molar-refractivity contribution in [2.75, 3.05) is 0 Å². The van der Waals surface area contributed by atoms with E-state index in [4.69, 9.17) is 5.11 Å². The Morgan fingerprint density at radius 3 is 2.78 bits per heavy atom. The largest absolute Gasteiger partial charge is 0.429 e. The highest BCUT2D eigenvalue weighted by Gasteiger charge is 2.21. The molecule has 0 aliphatic carbocycles. The van der Waals surface area contributed by atoms with Crippen LogP contribution in [0.4, 0.5) is 0 Å². The second-order valence-corrected chi connectivity index (χ2v) is 1.84. The van der Waals surface area contributed by atoms with Crippen molar-refractivity contribution in [2.45, 2.75) is 19.6 Å². The van der Waals surface area contributed by atoms with Crippen molar-refractivity contribution in [3.63, 3.8) is 0 Å². The van der Waals surface area contributed by atoms with Crippen LogP contribution in [0.1, 0.15) is 13.3 Å². The number of rotatable bonds is 1. The van der Waals surface area contributed by atoms with Crippen LogP contribution in [0.3, 0.4) is 0 Å². The van der Waals surface area contributed by atoms with Crippen LogP contribution in [-0.4, -0.2) is 17.4 Å². The Kier molecular flexibility index (Phi) is 1.53. The van der Waals surface area contributed by atoms with Crippen molar-refractivity contribution in [3.8, 4) is 0 Å². The fraction of sp³-hybridized carbons (Fsp3) is 0.500.